The zero-order valence-electron chi connectivity index (χ0n) is 12.9. The Hall–Kier alpha value is -2.66. The molecule has 0 amide bonds. The first-order valence-electron chi connectivity index (χ1n) is 7.18. The number of aromatic nitrogens is 1. The molecule has 1 heterocycles. The minimum absolute atomic E-state index is 0.323. The van der Waals surface area contributed by atoms with E-state index in [1.165, 1.54) is 12.5 Å². The molecule has 0 atom stereocenters. The van der Waals surface area contributed by atoms with Crippen molar-refractivity contribution in [2.75, 3.05) is 5.32 Å². The second-order valence-electron chi connectivity index (χ2n) is 5.15. The fourth-order valence-corrected chi connectivity index (χ4v) is 2.91. The van der Waals surface area contributed by atoms with Gasteiger partial charge in [-0.05, 0) is 48.9 Å². The normalized spacial score (nSPS) is 10.3. The summed E-state index contributed by atoms with van der Waals surface area (Å²) >= 11 is 1.55. The van der Waals surface area contributed by atoms with Crippen LogP contribution >= 0.6 is 11.3 Å². The molecule has 0 radical (unpaired) electrons. The third kappa shape index (κ3) is 3.96. The van der Waals surface area contributed by atoms with E-state index in [1.807, 2.05) is 29.6 Å². The number of benzene rings is 2. The van der Waals surface area contributed by atoms with E-state index in [9.17, 15) is 4.79 Å². The molecule has 0 saturated heterocycles. The van der Waals surface area contributed by atoms with Gasteiger partial charge in [-0.2, -0.15) is 0 Å². The monoisotopic (exact) mass is 324 g/mol. The first kappa shape index (κ1) is 15.2. The fourth-order valence-electron chi connectivity index (χ4n) is 2.17. The van der Waals surface area contributed by atoms with Gasteiger partial charge in [0, 0.05) is 23.6 Å². The summed E-state index contributed by atoms with van der Waals surface area (Å²) in [5, 5.41) is 6.15. The van der Waals surface area contributed by atoms with Crippen LogP contribution in [0.4, 0.5) is 10.8 Å². The minimum atomic E-state index is -0.323. The van der Waals surface area contributed by atoms with E-state index in [0.717, 1.165) is 22.1 Å². The predicted octanol–water partition coefficient (Wildman–Crippen LogP) is 4.79. The highest BCUT2D eigenvalue weighted by molar-refractivity contribution is 7.14. The molecule has 2 aromatic carbocycles. The van der Waals surface area contributed by atoms with Crippen molar-refractivity contribution in [3.05, 3.63) is 59.5 Å². The smallest absolute Gasteiger partial charge is 0.308 e. The van der Waals surface area contributed by atoms with Crippen molar-refractivity contribution in [1.29, 1.82) is 0 Å². The number of aryl methyl sites for hydroxylation is 1. The Bertz CT molecular complexity index is 825. The predicted molar refractivity (Wildman–Crippen MR) is 93.3 cm³/mol. The van der Waals surface area contributed by atoms with Gasteiger partial charge < -0.3 is 10.1 Å². The number of hydrogen-bond donors (Lipinski definition) is 1. The first-order valence-corrected chi connectivity index (χ1v) is 8.06. The van der Waals surface area contributed by atoms with Crippen molar-refractivity contribution in [2.24, 2.45) is 0 Å². The first-order chi connectivity index (χ1) is 11.1. The maximum absolute atomic E-state index is 10.9. The standard InChI is InChI=1S/C18H16N2O2S/c1-12-4-3-5-15(10-12)19-18-20-17(11-23-18)14-6-8-16(9-7-14)22-13(2)21/h3-11H,1-2H3,(H,19,20). The van der Waals surface area contributed by atoms with E-state index in [0.29, 0.717) is 5.75 Å². The van der Waals surface area contributed by atoms with E-state index in [2.05, 4.69) is 29.4 Å². The van der Waals surface area contributed by atoms with E-state index in [1.54, 1.807) is 23.5 Å². The van der Waals surface area contributed by atoms with Crippen LogP contribution in [0.25, 0.3) is 11.3 Å². The summed E-state index contributed by atoms with van der Waals surface area (Å²) in [6.07, 6.45) is 0. The summed E-state index contributed by atoms with van der Waals surface area (Å²) in [5.41, 5.74) is 4.10. The van der Waals surface area contributed by atoms with Crippen molar-refractivity contribution >= 4 is 28.1 Å². The van der Waals surface area contributed by atoms with Gasteiger partial charge >= 0.3 is 5.97 Å². The van der Waals surface area contributed by atoms with Gasteiger partial charge in [-0.25, -0.2) is 4.98 Å². The lowest BCUT2D eigenvalue weighted by Crippen LogP contribution is -2.00. The zero-order valence-corrected chi connectivity index (χ0v) is 13.7. The third-order valence-corrected chi connectivity index (χ3v) is 3.94. The molecule has 0 fully saturated rings. The molecule has 0 bridgehead atoms. The molecule has 1 N–H and O–H groups in total. The number of ether oxygens (including phenoxy) is 1. The second kappa shape index (κ2) is 6.62. The largest absolute Gasteiger partial charge is 0.427 e. The Morgan fingerprint density at radius 1 is 1.17 bits per heavy atom. The molecule has 4 nitrogen and oxygen atoms in total. The molecule has 3 aromatic rings. The Kier molecular flexibility index (Phi) is 4.39. The SMILES string of the molecule is CC(=O)Oc1ccc(-c2csc(Nc3cccc(C)c3)n2)cc1. The lowest BCUT2D eigenvalue weighted by Gasteiger charge is -2.03. The molecule has 116 valence electrons. The van der Waals surface area contributed by atoms with Crippen LogP contribution in [0.2, 0.25) is 0 Å². The van der Waals surface area contributed by atoms with Gasteiger partial charge in [0.05, 0.1) is 5.69 Å². The number of nitrogens with zero attached hydrogens (tertiary/aromatic N) is 1. The number of hydrogen-bond acceptors (Lipinski definition) is 5. The van der Waals surface area contributed by atoms with Gasteiger partial charge in [-0.1, -0.05) is 12.1 Å². The summed E-state index contributed by atoms with van der Waals surface area (Å²) in [6, 6.07) is 15.5. The van der Waals surface area contributed by atoms with Crippen LogP contribution in [0, 0.1) is 6.92 Å². The van der Waals surface area contributed by atoms with Gasteiger partial charge in [0.1, 0.15) is 5.75 Å². The van der Waals surface area contributed by atoms with Gasteiger partial charge in [-0.15, -0.1) is 11.3 Å². The van der Waals surface area contributed by atoms with Crippen molar-refractivity contribution in [3.8, 4) is 17.0 Å². The van der Waals surface area contributed by atoms with Crippen molar-refractivity contribution in [3.63, 3.8) is 0 Å². The van der Waals surface area contributed by atoms with Crippen LogP contribution in [0.3, 0.4) is 0 Å². The third-order valence-electron chi connectivity index (χ3n) is 3.19. The lowest BCUT2D eigenvalue weighted by molar-refractivity contribution is -0.131. The molecule has 3 rings (SSSR count). The number of carbonyl (C=O) groups excluding carboxylic acids is 1. The summed E-state index contributed by atoms with van der Waals surface area (Å²) in [6.45, 7) is 3.45. The molecule has 0 aliphatic carbocycles. The van der Waals surface area contributed by atoms with Crippen LogP contribution in [-0.4, -0.2) is 11.0 Å². The number of anilines is 2. The fraction of sp³-hybridized carbons (Fsp3) is 0.111. The molecular formula is C18H16N2O2S. The average molecular weight is 324 g/mol. The molecule has 0 unspecified atom stereocenters. The highest BCUT2D eigenvalue weighted by Gasteiger charge is 2.06. The molecule has 0 spiro atoms. The molecule has 23 heavy (non-hydrogen) atoms. The molecule has 0 aliphatic rings. The van der Waals surface area contributed by atoms with E-state index >= 15 is 0 Å². The van der Waals surface area contributed by atoms with E-state index < -0.39 is 0 Å². The molecule has 0 saturated carbocycles. The Balaban J connectivity index is 1.75. The van der Waals surface area contributed by atoms with Crippen LogP contribution in [-0.2, 0) is 4.79 Å². The highest BCUT2D eigenvalue weighted by Crippen LogP contribution is 2.28. The van der Waals surface area contributed by atoms with E-state index in [-0.39, 0.29) is 5.97 Å². The van der Waals surface area contributed by atoms with Crippen molar-refractivity contribution in [1.82, 2.24) is 4.98 Å². The number of thiazole rings is 1. The van der Waals surface area contributed by atoms with Gasteiger partial charge in [0.2, 0.25) is 0 Å². The van der Waals surface area contributed by atoms with Crippen LogP contribution < -0.4 is 10.1 Å². The number of rotatable bonds is 4. The molecular weight excluding hydrogens is 308 g/mol. The van der Waals surface area contributed by atoms with Crippen molar-refractivity contribution in [2.45, 2.75) is 13.8 Å². The minimum Gasteiger partial charge on any atom is -0.427 e. The van der Waals surface area contributed by atoms with E-state index in [4.69, 9.17) is 4.74 Å². The van der Waals surface area contributed by atoms with Crippen molar-refractivity contribution < 1.29 is 9.53 Å². The lowest BCUT2D eigenvalue weighted by atomic mass is 10.2. The molecule has 0 aliphatic heterocycles. The highest BCUT2D eigenvalue weighted by atomic mass is 32.1. The maximum Gasteiger partial charge on any atom is 0.308 e. The summed E-state index contributed by atoms with van der Waals surface area (Å²) in [5.74, 6) is 0.214. The summed E-state index contributed by atoms with van der Waals surface area (Å²) in [4.78, 5) is 15.5. The average Bonchev–Trinajstić information content (AvgIpc) is 2.96. The molecule has 1 aromatic heterocycles. The molecule has 5 heteroatoms. The summed E-state index contributed by atoms with van der Waals surface area (Å²) in [7, 11) is 0. The van der Waals surface area contributed by atoms with Crippen LogP contribution in [0.5, 0.6) is 5.75 Å². The van der Waals surface area contributed by atoms with Crippen LogP contribution in [0.1, 0.15) is 12.5 Å². The zero-order chi connectivity index (χ0) is 16.2. The summed E-state index contributed by atoms with van der Waals surface area (Å²) < 4.78 is 5.03. The van der Waals surface area contributed by atoms with Gasteiger partial charge in [0.25, 0.3) is 0 Å². The Labute approximate surface area is 138 Å². The quantitative estimate of drug-likeness (QED) is 0.554. The maximum atomic E-state index is 10.9. The Morgan fingerprint density at radius 2 is 1.96 bits per heavy atom. The topological polar surface area (TPSA) is 51.2 Å². The number of carbonyl (C=O) groups is 1. The second-order valence-corrected chi connectivity index (χ2v) is 6.01. The number of nitrogens with one attached hydrogen (secondary N) is 1. The van der Waals surface area contributed by atoms with Gasteiger partial charge in [-0.3, -0.25) is 4.79 Å². The number of esters is 1. The Morgan fingerprint density at radius 3 is 2.65 bits per heavy atom. The van der Waals surface area contributed by atoms with Crippen LogP contribution in [0.15, 0.2) is 53.9 Å². The van der Waals surface area contributed by atoms with Gasteiger partial charge in [0.15, 0.2) is 5.13 Å².